The third kappa shape index (κ3) is 5.54. The van der Waals surface area contributed by atoms with Gasteiger partial charge in [0.15, 0.2) is 0 Å². The monoisotopic (exact) mass is 277 g/mol. The molecule has 1 aromatic carbocycles. The van der Waals surface area contributed by atoms with Crippen LogP contribution in [0.2, 0.25) is 0 Å². The average molecular weight is 277 g/mol. The number of methoxy groups -OCH3 is 1. The van der Waals surface area contributed by atoms with E-state index in [1.165, 1.54) is 24.8 Å². The summed E-state index contributed by atoms with van der Waals surface area (Å²) in [6.07, 6.45) is 4.90. The molecule has 0 fully saturated rings. The van der Waals surface area contributed by atoms with Gasteiger partial charge in [0.1, 0.15) is 5.75 Å². The molecule has 0 heterocycles. The van der Waals surface area contributed by atoms with Gasteiger partial charge in [0.05, 0.1) is 7.11 Å². The second-order valence-electron chi connectivity index (χ2n) is 5.59. The standard InChI is InChI=1S/C18H31NO/c1-5-12-19-14-17(16(6-2)7-3)13-15-8-10-18(20-4)11-9-15/h8-11,16-17,19H,5-7,12-14H2,1-4H3. The molecule has 1 aromatic rings. The Bertz CT molecular complexity index is 343. The zero-order chi connectivity index (χ0) is 14.8. The Balaban J connectivity index is 2.65. The molecule has 0 radical (unpaired) electrons. The highest BCUT2D eigenvalue weighted by Gasteiger charge is 2.18. The van der Waals surface area contributed by atoms with Crippen LogP contribution in [0.3, 0.4) is 0 Å². The summed E-state index contributed by atoms with van der Waals surface area (Å²) in [4.78, 5) is 0. The number of benzene rings is 1. The van der Waals surface area contributed by atoms with Gasteiger partial charge in [-0.1, -0.05) is 45.7 Å². The fourth-order valence-electron chi connectivity index (χ4n) is 2.89. The van der Waals surface area contributed by atoms with Crippen LogP contribution in [0.15, 0.2) is 24.3 Å². The van der Waals surface area contributed by atoms with Crippen LogP contribution in [0.5, 0.6) is 5.75 Å². The van der Waals surface area contributed by atoms with Gasteiger partial charge in [-0.05, 0) is 55.5 Å². The van der Waals surface area contributed by atoms with E-state index in [1.54, 1.807) is 7.11 Å². The van der Waals surface area contributed by atoms with Gasteiger partial charge in [-0.25, -0.2) is 0 Å². The van der Waals surface area contributed by atoms with Gasteiger partial charge in [-0.15, -0.1) is 0 Å². The van der Waals surface area contributed by atoms with Gasteiger partial charge in [0.25, 0.3) is 0 Å². The quantitative estimate of drug-likeness (QED) is 0.644. The van der Waals surface area contributed by atoms with E-state index in [0.717, 1.165) is 37.1 Å². The molecule has 0 saturated carbocycles. The first-order chi connectivity index (χ1) is 9.74. The maximum Gasteiger partial charge on any atom is 0.118 e. The number of ether oxygens (including phenoxy) is 1. The molecular weight excluding hydrogens is 246 g/mol. The second-order valence-corrected chi connectivity index (χ2v) is 5.59. The Morgan fingerprint density at radius 1 is 1.00 bits per heavy atom. The Morgan fingerprint density at radius 2 is 1.65 bits per heavy atom. The van der Waals surface area contributed by atoms with Crippen molar-refractivity contribution in [3.05, 3.63) is 29.8 Å². The fraction of sp³-hybridized carbons (Fsp3) is 0.667. The van der Waals surface area contributed by atoms with Crippen molar-refractivity contribution in [2.24, 2.45) is 11.8 Å². The van der Waals surface area contributed by atoms with E-state index in [1.807, 2.05) is 0 Å². The molecule has 1 unspecified atom stereocenters. The van der Waals surface area contributed by atoms with E-state index in [4.69, 9.17) is 4.74 Å². The predicted molar refractivity (Wildman–Crippen MR) is 87.4 cm³/mol. The maximum absolute atomic E-state index is 5.23. The van der Waals surface area contributed by atoms with Crippen LogP contribution < -0.4 is 10.1 Å². The van der Waals surface area contributed by atoms with Crippen molar-refractivity contribution in [2.45, 2.75) is 46.5 Å². The van der Waals surface area contributed by atoms with Gasteiger partial charge >= 0.3 is 0 Å². The maximum atomic E-state index is 5.23. The van der Waals surface area contributed by atoms with Crippen LogP contribution in [-0.4, -0.2) is 20.2 Å². The van der Waals surface area contributed by atoms with Crippen molar-refractivity contribution in [2.75, 3.05) is 20.2 Å². The lowest BCUT2D eigenvalue weighted by atomic mass is 9.83. The Labute approximate surface area is 124 Å². The summed E-state index contributed by atoms with van der Waals surface area (Å²) in [6, 6.07) is 8.54. The van der Waals surface area contributed by atoms with E-state index in [9.17, 15) is 0 Å². The largest absolute Gasteiger partial charge is 0.497 e. The van der Waals surface area contributed by atoms with Crippen LogP contribution in [0.4, 0.5) is 0 Å². The zero-order valence-electron chi connectivity index (χ0n) is 13.6. The molecule has 1 N–H and O–H groups in total. The molecule has 0 aliphatic heterocycles. The number of hydrogen-bond donors (Lipinski definition) is 1. The van der Waals surface area contributed by atoms with Crippen molar-refractivity contribution in [1.82, 2.24) is 5.32 Å². The molecule has 0 saturated heterocycles. The molecule has 0 aliphatic carbocycles. The average Bonchev–Trinajstić information content (AvgIpc) is 2.49. The Hall–Kier alpha value is -1.02. The molecule has 0 spiro atoms. The minimum Gasteiger partial charge on any atom is -0.497 e. The van der Waals surface area contributed by atoms with E-state index in [0.29, 0.717) is 0 Å². The minimum absolute atomic E-state index is 0.727. The van der Waals surface area contributed by atoms with Crippen LogP contribution in [0.25, 0.3) is 0 Å². The first-order valence-corrected chi connectivity index (χ1v) is 8.08. The lowest BCUT2D eigenvalue weighted by molar-refractivity contribution is 0.298. The summed E-state index contributed by atoms with van der Waals surface area (Å²) in [5.74, 6) is 2.48. The SMILES string of the molecule is CCCNCC(Cc1ccc(OC)cc1)C(CC)CC. The highest BCUT2D eigenvalue weighted by Crippen LogP contribution is 2.24. The first kappa shape index (κ1) is 17.0. The Morgan fingerprint density at radius 3 is 2.15 bits per heavy atom. The smallest absolute Gasteiger partial charge is 0.118 e. The highest BCUT2D eigenvalue weighted by molar-refractivity contribution is 5.27. The van der Waals surface area contributed by atoms with Crippen molar-refractivity contribution >= 4 is 0 Å². The van der Waals surface area contributed by atoms with Crippen LogP contribution >= 0.6 is 0 Å². The summed E-state index contributed by atoms with van der Waals surface area (Å²) >= 11 is 0. The highest BCUT2D eigenvalue weighted by atomic mass is 16.5. The molecule has 1 atom stereocenters. The lowest BCUT2D eigenvalue weighted by Gasteiger charge is -2.26. The third-order valence-corrected chi connectivity index (χ3v) is 4.21. The molecule has 114 valence electrons. The molecule has 0 amide bonds. The van der Waals surface area contributed by atoms with E-state index in [2.05, 4.69) is 50.4 Å². The number of hydrogen-bond acceptors (Lipinski definition) is 2. The summed E-state index contributed by atoms with van der Waals surface area (Å²) in [5.41, 5.74) is 1.42. The van der Waals surface area contributed by atoms with Gasteiger partial charge < -0.3 is 10.1 Å². The molecule has 2 heteroatoms. The molecular formula is C18H31NO. The normalized spacial score (nSPS) is 12.7. The molecule has 20 heavy (non-hydrogen) atoms. The summed E-state index contributed by atoms with van der Waals surface area (Å²) in [5, 5.41) is 3.60. The fourth-order valence-corrected chi connectivity index (χ4v) is 2.89. The molecule has 0 aliphatic rings. The lowest BCUT2D eigenvalue weighted by Crippen LogP contribution is -2.30. The molecule has 2 nitrogen and oxygen atoms in total. The number of rotatable bonds is 10. The summed E-state index contributed by atoms with van der Waals surface area (Å²) in [6.45, 7) is 9.11. The molecule has 0 aromatic heterocycles. The van der Waals surface area contributed by atoms with Crippen molar-refractivity contribution < 1.29 is 4.74 Å². The topological polar surface area (TPSA) is 21.3 Å². The van der Waals surface area contributed by atoms with Crippen molar-refractivity contribution in [3.8, 4) is 5.75 Å². The van der Waals surface area contributed by atoms with Crippen molar-refractivity contribution in [3.63, 3.8) is 0 Å². The van der Waals surface area contributed by atoms with E-state index < -0.39 is 0 Å². The number of nitrogens with one attached hydrogen (secondary N) is 1. The second kappa shape index (κ2) is 9.82. The third-order valence-electron chi connectivity index (χ3n) is 4.21. The predicted octanol–water partition coefficient (Wildman–Crippen LogP) is 4.29. The molecule has 1 rings (SSSR count). The van der Waals surface area contributed by atoms with Crippen molar-refractivity contribution in [1.29, 1.82) is 0 Å². The van der Waals surface area contributed by atoms with Crippen LogP contribution in [0, 0.1) is 11.8 Å². The first-order valence-electron chi connectivity index (χ1n) is 8.08. The van der Waals surface area contributed by atoms with Gasteiger partial charge in [-0.2, -0.15) is 0 Å². The molecule has 0 bridgehead atoms. The Kier molecular flexibility index (Phi) is 8.36. The van der Waals surface area contributed by atoms with E-state index in [-0.39, 0.29) is 0 Å². The van der Waals surface area contributed by atoms with Gasteiger partial charge in [0, 0.05) is 0 Å². The zero-order valence-corrected chi connectivity index (χ0v) is 13.6. The van der Waals surface area contributed by atoms with Gasteiger partial charge in [0.2, 0.25) is 0 Å². The van der Waals surface area contributed by atoms with Gasteiger partial charge in [-0.3, -0.25) is 0 Å². The van der Waals surface area contributed by atoms with Crippen LogP contribution in [-0.2, 0) is 6.42 Å². The minimum atomic E-state index is 0.727. The summed E-state index contributed by atoms with van der Waals surface area (Å²) in [7, 11) is 1.72. The van der Waals surface area contributed by atoms with Crippen LogP contribution in [0.1, 0.15) is 45.6 Å². The summed E-state index contributed by atoms with van der Waals surface area (Å²) < 4.78 is 5.23. The van der Waals surface area contributed by atoms with E-state index >= 15 is 0 Å².